The molecule has 17 heavy (non-hydrogen) atoms. The molecule has 0 bridgehead atoms. The van der Waals surface area contributed by atoms with Crippen LogP contribution < -0.4 is 5.32 Å². The maximum absolute atomic E-state index is 11.8. The van der Waals surface area contributed by atoms with Crippen LogP contribution in [0.15, 0.2) is 5.38 Å². The van der Waals surface area contributed by atoms with Gasteiger partial charge in [0.05, 0.1) is 11.6 Å². The highest BCUT2D eigenvalue weighted by atomic mass is 32.2. The van der Waals surface area contributed by atoms with E-state index in [1.165, 1.54) is 28.0 Å². The van der Waals surface area contributed by atoms with Crippen molar-refractivity contribution in [3.63, 3.8) is 0 Å². The Morgan fingerprint density at radius 3 is 3.00 bits per heavy atom. The molecule has 1 aromatic heterocycles. The molecule has 1 aliphatic rings. The second-order valence-corrected chi connectivity index (χ2v) is 5.41. The van der Waals surface area contributed by atoms with Crippen LogP contribution in [0.2, 0.25) is 0 Å². The SMILES string of the molecule is Cc1csc(NC(=O)N2CSC[C@H]2C(=O)O)n1. The first-order valence-electron chi connectivity index (χ1n) is 4.88. The zero-order chi connectivity index (χ0) is 12.4. The van der Waals surface area contributed by atoms with E-state index in [-0.39, 0.29) is 0 Å². The molecule has 2 rings (SSSR count). The predicted octanol–water partition coefficient (Wildman–Crippen LogP) is 1.44. The minimum Gasteiger partial charge on any atom is -0.480 e. The maximum Gasteiger partial charge on any atom is 0.327 e. The lowest BCUT2D eigenvalue weighted by molar-refractivity contribution is -0.140. The molecule has 2 amide bonds. The summed E-state index contributed by atoms with van der Waals surface area (Å²) in [6.45, 7) is 1.83. The van der Waals surface area contributed by atoms with E-state index in [1.54, 1.807) is 0 Å². The van der Waals surface area contributed by atoms with Crippen molar-refractivity contribution in [3.8, 4) is 0 Å². The molecule has 0 saturated carbocycles. The van der Waals surface area contributed by atoms with Gasteiger partial charge in [-0.25, -0.2) is 14.6 Å². The molecule has 92 valence electrons. The van der Waals surface area contributed by atoms with Crippen molar-refractivity contribution in [1.82, 2.24) is 9.88 Å². The van der Waals surface area contributed by atoms with Gasteiger partial charge in [0.2, 0.25) is 0 Å². The van der Waals surface area contributed by atoms with Crippen LogP contribution >= 0.6 is 23.1 Å². The van der Waals surface area contributed by atoms with Crippen LogP contribution in [0.3, 0.4) is 0 Å². The van der Waals surface area contributed by atoms with Crippen LogP contribution in [-0.2, 0) is 4.79 Å². The van der Waals surface area contributed by atoms with Gasteiger partial charge in [0.25, 0.3) is 0 Å². The van der Waals surface area contributed by atoms with Gasteiger partial charge in [-0.3, -0.25) is 5.32 Å². The summed E-state index contributed by atoms with van der Waals surface area (Å²) in [6.07, 6.45) is 0. The molecule has 1 fully saturated rings. The highest BCUT2D eigenvalue weighted by molar-refractivity contribution is 7.99. The molecule has 1 atom stereocenters. The van der Waals surface area contributed by atoms with Crippen LogP contribution in [-0.4, -0.2) is 44.7 Å². The first-order valence-corrected chi connectivity index (χ1v) is 6.91. The minimum absolute atomic E-state index is 0.396. The number of hydrogen-bond acceptors (Lipinski definition) is 5. The molecule has 2 N–H and O–H groups in total. The normalized spacial score (nSPS) is 19.4. The van der Waals surface area contributed by atoms with Crippen LogP contribution in [0, 0.1) is 6.92 Å². The Hall–Kier alpha value is -1.28. The van der Waals surface area contributed by atoms with E-state index in [0.717, 1.165) is 5.69 Å². The van der Waals surface area contributed by atoms with Crippen LogP contribution in [0.5, 0.6) is 0 Å². The number of nitrogens with zero attached hydrogens (tertiary/aromatic N) is 2. The van der Waals surface area contributed by atoms with Gasteiger partial charge in [-0.15, -0.1) is 23.1 Å². The molecular weight excluding hydrogens is 262 g/mol. The molecule has 6 nitrogen and oxygen atoms in total. The topological polar surface area (TPSA) is 82.5 Å². The van der Waals surface area contributed by atoms with Gasteiger partial charge in [-0.2, -0.15) is 0 Å². The standard InChI is InChI=1S/C9H11N3O3S2/c1-5-2-17-8(10-5)11-9(15)12-4-16-3-6(12)7(13)14/h2,6H,3-4H2,1H3,(H,13,14)(H,10,11,15)/t6-/m0/s1. The average molecular weight is 273 g/mol. The second-order valence-electron chi connectivity index (χ2n) is 3.55. The summed E-state index contributed by atoms with van der Waals surface area (Å²) in [6, 6.07) is -1.15. The smallest absolute Gasteiger partial charge is 0.327 e. The first-order chi connectivity index (χ1) is 8.08. The molecular formula is C9H11N3O3S2. The highest BCUT2D eigenvalue weighted by Crippen LogP contribution is 2.23. The number of aryl methyl sites for hydroxylation is 1. The molecule has 8 heteroatoms. The van der Waals surface area contributed by atoms with Crippen molar-refractivity contribution < 1.29 is 14.7 Å². The molecule has 0 aromatic carbocycles. The van der Waals surface area contributed by atoms with Gasteiger partial charge < -0.3 is 10.0 Å². The quantitative estimate of drug-likeness (QED) is 0.852. The Bertz CT molecular complexity index is 448. The van der Waals surface area contributed by atoms with Crippen LogP contribution in [0.4, 0.5) is 9.93 Å². The Labute approximate surface area is 106 Å². The summed E-state index contributed by atoms with van der Waals surface area (Å²) in [5.74, 6) is -0.146. The number of nitrogens with one attached hydrogen (secondary N) is 1. The van der Waals surface area contributed by atoms with Gasteiger partial charge >= 0.3 is 12.0 Å². The number of anilines is 1. The Morgan fingerprint density at radius 2 is 2.41 bits per heavy atom. The first kappa shape index (κ1) is 12.2. The lowest BCUT2D eigenvalue weighted by Crippen LogP contribution is -2.43. The highest BCUT2D eigenvalue weighted by Gasteiger charge is 2.34. The van der Waals surface area contributed by atoms with Gasteiger partial charge in [0.1, 0.15) is 6.04 Å². The number of aliphatic carboxylic acids is 1. The lowest BCUT2D eigenvalue weighted by Gasteiger charge is -2.19. The molecule has 1 aromatic rings. The third kappa shape index (κ3) is 2.70. The number of hydrogen-bond donors (Lipinski definition) is 2. The van der Waals surface area contributed by atoms with E-state index in [2.05, 4.69) is 10.3 Å². The number of thioether (sulfide) groups is 1. The number of rotatable bonds is 2. The largest absolute Gasteiger partial charge is 0.480 e. The number of carbonyl (C=O) groups excluding carboxylic acids is 1. The maximum atomic E-state index is 11.8. The van der Waals surface area contributed by atoms with E-state index < -0.39 is 18.0 Å². The number of carboxylic acids is 1. The van der Waals surface area contributed by atoms with Crippen molar-refractivity contribution in [1.29, 1.82) is 0 Å². The fourth-order valence-corrected chi connectivity index (χ4v) is 3.24. The fraction of sp³-hybridized carbons (Fsp3) is 0.444. The number of aromatic nitrogens is 1. The monoisotopic (exact) mass is 273 g/mol. The van der Waals surface area contributed by atoms with E-state index in [1.807, 2.05) is 12.3 Å². The van der Waals surface area contributed by atoms with Gasteiger partial charge in [0, 0.05) is 11.1 Å². The summed E-state index contributed by atoms with van der Waals surface area (Å²) < 4.78 is 0. The Kier molecular flexibility index (Phi) is 3.53. The third-order valence-electron chi connectivity index (χ3n) is 2.26. The second kappa shape index (κ2) is 4.92. The summed E-state index contributed by atoms with van der Waals surface area (Å²) in [5.41, 5.74) is 0.830. The van der Waals surface area contributed by atoms with Crippen molar-refractivity contribution in [2.45, 2.75) is 13.0 Å². The van der Waals surface area contributed by atoms with Gasteiger partial charge in [-0.1, -0.05) is 0 Å². The number of thiazole rings is 1. The molecule has 1 saturated heterocycles. The number of urea groups is 1. The van der Waals surface area contributed by atoms with Crippen LogP contribution in [0.25, 0.3) is 0 Å². The predicted molar refractivity (Wildman–Crippen MR) is 66.5 cm³/mol. The lowest BCUT2D eigenvalue weighted by atomic mass is 10.3. The van der Waals surface area contributed by atoms with Crippen molar-refractivity contribution in [3.05, 3.63) is 11.1 Å². The third-order valence-corrected chi connectivity index (χ3v) is 4.15. The number of carbonyl (C=O) groups is 2. The van der Waals surface area contributed by atoms with Crippen molar-refractivity contribution >= 4 is 40.2 Å². The van der Waals surface area contributed by atoms with E-state index >= 15 is 0 Å². The van der Waals surface area contributed by atoms with Gasteiger partial charge in [-0.05, 0) is 6.92 Å². The summed E-state index contributed by atoms with van der Waals surface area (Å²) >= 11 is 2.75. The summed E-state index contributed by atoms with van der Waals surface area (Å²) in [5, 5.41) is 13.9. The number of amides is 2. The molecule has 0 spiro atoms. The summed E-state index contributed by atoms with van der Waals surface area (Å²) in [7, 11) is 0. The van der Waals surface area contributed by atoms with Crippen molar-refractivity contribution in [2.24, 2.45) is 0 Å². The zero-order valence-corrected chi connectivity index (χ0v) is 10.7. The minimum atomic E-state index is -0.972. The van der Waals surface area contributed by atoms with Crippen LogP contribution in [0.1, 0.15) is 5.69 Å². The molecule has 0 radical (unpaired) electrons. The average Bonchev–Trinajstić information content (AvgIpc) is 2.86. The fourth-order valence-electron chi connectivity index (χ4n) is 1.42. The molecule has 0 unspecified atom stereocenters. The molecule has 2 heterocycles. The Morgan fingerprint density at radius 1 is 1.65 bits per heavy atom. The Balaban J connectivity index is 2.02. The number of carboxylic acid groups (broad SMARTS) is 1. The molecule has 1 aliphatic heterocycles. The van der Waals surface area contributed by atoms with E-state index in [4.69, 9.17) is 5.11 Å². The summed E-state index contributed by atoms with van der Waals surface area (Å²) in [4.78, 5) is 28.2. The van der Waals surface area contributed by atoms with E-state index in [0.29, 0.717) is 16.8 Å². The molecule has 0 aliphatic carbocycles. The zero-order valence-electron chi connectivity index (χ0n) is 9.04. The van der Waals surface area contributed by atoms with Gasteiger partial charge in [0.15, 0.2) is 5.13 Å². The van der Waals surface area contributed by atoms with E-state index in [9.17, 15) is 9.59 Å². The van der Waals surface area contributed by atoms with Crippen molar-refractivity contribution in [2.75, 3.05) is 16.9 Å².